The van der Waals surface area contributed by atoms with Gasteiger partial charge in [0.05, 0.1) is 0 Å². The Labute approximate surface area is 116 Å². The summed E-state index contributed by atoms with van der Waals surface area (Å²) < 4.78 is 27.4. The summed E-state index contributed by atoms with van der Waals surface area (Å²) in [7, 11) is 0. The molecule has 0 heterocycles. The van der Waals surface area contributed by atoms with Gasteiger partial charge < -0.3 is 5.73 Å². The number of hydrogen-bond donors (Lipinski definition) is 1. The molecule has 0 fully saturated rings. The Bertz CT molecular complexity index is 572. The minimum Gasteiger partial charge on any atom is -0.330 e. The van der Waals surface area contributed by atoms with E-state index in [1.807, 2.05) is 0 Å². The minimum absolute atomic E-state index is 0.243. The van der Waals surface area contributed by atoms with E-state index in [-0.39, 0.29) is 24.1 Å². The largest absolute Gasteiger partial charge is 0.330 e. The standard InChI is InChI=1S/C15H14ClF2N/c16-12-5-6-14(17)10(8-12)7-11(9-19)13-3-1-2-4-15(13)18/h1-6,8,11H,7,9,19H2. The van der Waals surface area contributed by atoms with E-state index in [1.165, 1.54) is 18.2 Å². The number of rotatable bonds is 4. The fourth-order valence-electron chi connectivity index (χ4n) is 2.09. The Morgan fingerprint density at radius 1 is 1.05 bits per heavy atom. The quantitative estimate of drug-likeness (QED) is 0.904. The molecule has 2 aromatic carbocycles. The van der Waals surface area contributed by atoms with E-state index in [9.17, 15) is 8.78 Å². The Balaban J connectivity index is 2.29. The normalized spacial score (nSPS) is 12.4. The fourth-order valence-corrected chi connectivity index (χ4v) is 2.29. The van der Waals surface area contributed by atoms with Crippen molar-refractivity contribution in [1.29, 1.82) is 0 Å². The topological polar surface area (TPSA) is 26.0 Å². The first-order valence-electron chi connectivity index (χ1n) is 6.00. The summed E-state index contributed by atoms with van der Waals surface area (Å²) in [5.41, 5.74) is 6.64. The van der Waals surface area contributed by atoms with Gasteiger partial charge in [-0.1, -0.05) is 29.8 Å². The van der Waals surface area contributed by atoms with Gasteiger partial charge in [-0.2, -0.15) is 0 Å². The molecule has 0 saturated heterocycles. The highest BCUT2D eigenvalue weighted by molar-refractivity contribution is 6.30. The van der Waals surface area contributed by atoms with Crippen molar-refractivity contribution in [3.8, 4) is 0 Å². The molecule has 0 aliphatic heterocycles. The lowest BCUT2D eigenvalue weighted by Crippen LogP contribution is -2.17. The molecule has 1 nitrogen and oxygen atoms in total. The maximum atomic E-state index is 13.7. The molecule has 0 radical (unpaired) electrons. The Kier molecular flexibility index (Phi) is 4.51. The van der Waals surface area contributed by atoms with Crippen LogP contribution in [-0.2, 0) is 6.42 Å². The molecule has 0 bridgehead atoms. The van der Waals surface area contributed by atoms with Gasteiger partial charge in [0.15, 0.2) is 0 Å². The Morgan fingerprint density at radius 2 is 1.79 bits per heavy atom. The van der Waals surface area contributed by atoms with Gasteiger partial charge in [-0.15, -0.1) is 0 Å². The lowest BCUT2D eigenvalue weighted by Gasteiger charge is -2.16. The summed E-state index contributed by atoms with van der Waals surface area (Å²) in [6, 6.07) is 10.8. The van der Waals surface area contributed by atoms with Crippen LogP contribution in [0.15, 0.2) is 42.5 Å². The molecular weight excluding hydrogens is 268 g/mol. The molecular formula is C15H14ClF2N. The third-order valence-electron chi connectivity index (χ3n) is 3.10. The summed E-state index contributed by atoms with van der Waals surface area (Å²) in [6.07, 6.45) is 0.323. The summed E-state index contributed by atoms with van der Waals surface area (Å²) in [5, 5.41) is 0.459. The Hall–Kier alpha value is -1.45. The van der Waals surface area contributed by atoms with Crippen LogP contribution < -0.4 is 5.73 Å². The van der Waals surface area contributed by atoms with E-state index in [0.29, 0.717) is 22.6 Å². The van der Waals surface area contributed by atoms with Gasteiger partial charge in [0.2, 0.25) is 0 Å². The number of benzene rings is 2. The average molecular weight is 282 g/mol. The smallest absolute Gasteiger partial charge is 0.126 e. The molecule has 0 aliphatic carbocycles. The van der Waals surface area contributed by atoms with E-state index in [0.717, 1.165) is 0 Å². The Morgan fingerprint density at radius 3 is 2.47 bits per heavy atom. The molecule has 0 aliphatic rings. The zero-order valence-electron chi connectivity index (χ0n) is 10.2. The molecule has 1 unspecified atom stereocenters. The highest BCUT2D eigenvalue weighted by Crippen LogP contribution is 2.25. The lowest BCUT2D eigenvalue weighted by molar-refractivity contribution is 0.559. The molecule has 19 heavy (non-hydrogen) atoms. The van der Waals surface area contributed by atoms with Crippen LogP contribution in [-0.4, -0.2) is 6.54 Å². The van der Waals surface area contributed by atoms with Gasteiger partial charge in [0.25, 0.3) is 0 Å². The van der Waals surface area contributed by atoms with Crippen LogP contribution in [0, 0.1) is 11.6 Å². The number of halogens is 3. The monoisotopic (exact) mass is 281 g/mol. The second kappa shape index (κ2) is 6.13. The summed E-state index contributed by atoms with van der Waals surface area (Å²) >= 11 is 5.85. The van der Waals surface area contributed by atoms with Crippen molar-refractivity contribution in [2.75, 3.05) is 6.54 Å². The number of nitrogens with two attached hydrogens (primary N) is 1. The predicted octanol–water partition coefficient (Wildman–Crippen LogP) is 3.90. The van der Waals surface area contributed by atoms with E-state index in [4.69, 9.17) is 17.3 Å². The van der Waals surface area contributed by atoms with Crippen LogP contribution in [0.5, 0.6) is 0 Å². The highest BCUT2D eigenvalue weighted by atomic mass is 35.5. The van der Waals surface area contributed by atoms with Crippen LogP contribution in [0.4, 0.5) is 8.78 Å². The zero-order chi connectivity index (χ0) is 13.8. The molecule has 4 heteroatoms. The maximum absolute atomic E-state index is 13.7. The van der Waals surface area contributed by atoms with Crippen molar-refractivity contribution in [3.63, 3.8) is 0 Å². The summed E-state index contributed by atoms with van der Waals surface area (Å²) in [5.74, 6) is -0.936. The van der Waals surface area contributed by atoms with Crippen molar-refractivity contribution < 1.29 is 8.78 Å². The molecule has 0 saturated carbocycles. The van der Waals surface area contributed by atoms with Gasteiger partial charge >= 0.3 is 0 Å². The second-order valence-electron chi connectivity index (χ2n) is 4.39. The van der Waals surface area contributed by atoms with Gasteiger partial charge in [0.1, 0.15) is 11.6 Å². The minimum atomic E-state index is -0.348. The second-order valence-corrected chi connectivity index (χ2v) is 4.83. The van der Waals surface area contributed by atoms with Crippen molar-refractivity contribution in [1.82, 2.24) is 0 Å². The van der Waals surface area contributed by atoms with E-state index in [1.54, 1.807) is 24.3 Å². The third kappa shape index (κ3) is 3.31. The fraction of sp³-hybridized carbons (Fsp3) is 0.200. The first kappa shape index (κ1) is 14.0. The van der Waals surface area contributed by atoms with Gasteiger partial charge in [-0.3, -0.25) is 0 Å². The van der Waals surface area contributed by atoms with Crippen molar-refractivity contribution in [2.45, 2.75) is 12.3 Å². The lowest BCUT2D eigenvalue weighted by atomic mass is 9.91. The zero-order valence-corrected chi connectivity index (χ0v) is 11.0. The van der Waals surface area contributed by atoms with E-state index < -0.39 is 0 Å². The van der Waals surface area contributed by atoms with Crippen LogP contribution >= 0.6 is 11.6 Å². The molecule has 0 amide bonds. The van der Waals surface area contributed by atoms with Gasteiger partial charge in [-0.25, -0.2) is 8.78 Å². The van der Waals surface area contributed by atoms with E-state index in [2.05, 4.69) is 0 Å². The number of hydrogen-bond acceptors (Lipinski definition) is 1. The van der Waals surface area contributed by atoms with Crippen LogP contribution in [0.2, 0.25) is 5.02 Å². The molecule has 100 valence electrons. The molecule has 1 atom stereocenters. The van der Waals surface area contributed by atoms with Gasteiger partial charge in [-0.05, 0) is 48.4 Å². The summed E-state index contributed by atoms with van der Waals surface area (Å²) in [4.78, 5) is 0. The predicted molar refractivity (Wildman–Crippen MR) is 73.3 cm³/mol. The average Bonchev–Trinajstić information content (AvgIpc) is 2.41. The van der Waals surface area contributed by atoms with E-state index >= 15 is 0 Å². The summed E-state index contributed by atoms with van der Waals surface area (Å²) in [6.45, 7) is 0.243. The SMILES string of the molecule is NCC(Cc1cc(Cl)ccc1F)c1ccccc1F. The molecule has 2 N–H and O–H groups in total. The highest BCUT2D eigenvalue weighted by Gasteiger charge is 2.16. The van der Waals surface area contributed by atoms with Gasteiger partial charge in [0, 0.05) is 10.9 Å². The first-order valence-corrected chi connectivity index (χ1v) is 6.38. The first-order chi connectivity index (χ1) is 9.11. The van der Waals surface area contributed by atoms with Crippen molar-refractivity contribution in [3.05, 3.63) is 70.2 Å². The molecule has 2 aromatic rings. The molecule has 0 aromatic heterocycles. The molecule has 0 spiro atoms. The van der Waals surface area contributed by atoms with Crippen molar-refractivity contribution >= 4 is 11.6 Å². The van der Waals surface area contributed by atoms with Crippen LogP contribution in [0.1, 0.15) is 17.0 Å². The van der Waals surface area contributed by atoms with Crippen molar-refractivity contribution in [2.24, 2.45) is 5.73 Å². The van der Waals surface area contributed by atoms with Crippen LogP contribution in [0.3, 0.4) is 0 Å². The third-order valence-corrected chi connectivity index (χ3v) is 3.34. The van der Waals surface area contributed by atoms with Crippen LogP contribution in [0.25, 0.3) is 0 Å². The molecule has 2 rings (SSSR count). The maximum Gasteiger partial charge on any atom is 0.126 e.